The third-order valence-corrected chi connectivity index (χ3v) is 5.17. The van der Waals surface area contributed by atoms with Gasteiger partial charge in [0.2, 0.25) is 0 Å². The number of carboxylic acids is 1. The average molecular weight is 330 g/mol. The molecule has 23 heavy (non-hydrogen) atoms. The summed E-state index contributed by atoms with van der Waals surface area (Å²) < 4.78 is 0. The number of benzene rings is 1. The largest absolute Gasteiger partial charge is 0.478 e. The molecule has 0 spiro atoms. The van der Waals surface area contributed by atoms with Crippen molar-refractivity contribution in [1.29, 1.82) is 0 Å². The van der Waals surface area contributed by atoms with Gasteiger partial charge in [-0.05, 0) is 37.5 Å². The van der Waals surface area contributed by atoms with Crippen molar-refractivity contribution in [3.8, 4) is 0 Å². The van der Waals surface area contributed by atoms with Gasteiger partial charge in [-0.1, -0.05) is 12.1 Å². The Morgan fingerprint density at radius 2 is 2.22 bits per heavy atom. The number of aryl methyl sites for hydroxylation is 1. The number of carbonyl (C=O) groups excluding carboxylic acids is 1. The summed E-state index contributed by atoms with van der Waals surface area (Å²) in [6.45, 7) is 3.21. The van der Waals surface area contributed by atoms with Crippen LogP contribution in [-0.4, -0.2) is 40.0 Å². The van der Waals surface area contributed by atoms with Gasteiger partial charge < -0.3 is 10.0 Å². The molecule has 120 valence electrons. The number of amides is 1. The molecular weight excluding hydrogens is 312 g/mol. The van der Waals surface area contributed by atoms with E-state index in [-0.39, 0.29) is 11.8 Å². The van der Waals surface area contributed by atoms with E-state index < -0.39 is 5.97 Å². The van der Waals surface area contributed by atoms with E-state index in [0.717, 1.165) is 30.6 Å². The molecule has 0 bridgehead atoms. The number of hydrogen-bond acceptors (Lipinski definition) is 4. The Balaban J connectivity index is 1.78. The Morgan fingerprint density at radius 3 is 2.91 bits per heavy atom. The van der Waals surface area contributed by atoms with E-state index in [4.69, 9.17) is 5.11 Å². The summed E-state index contributed by atoms with van der Waals surface area (Å²) in [5.41, 5.74) is 3.75. The zero-order chi connectivity index (χ0) is 16.4. The second kappa shape index (κ2) is 6.50. The summed E-state index contributed by atoms with van der Waals surface area (Å²) in [6.07, 6.45) is 1.89. The first kappa shape index (κ1) is 15.7. The van der Waals surface area contributed by atoms with Crippen molar-refractivity contribution in [3.63, 3.8) is 0 Å². The molecule has 1 aliphatic rings. The minimum Gasteiger partial charge on any atom is -0.478 e. The van der Waals surface area contributed by atoms with Crippen LogP contribution >= 0.6 is 11.3 Å². The quantitative estimate of drug-likeness (QED) is 0.938. The Bertz CT molecular complexity index is 741. The number of carbonyl (C=O) groups is 2. The minimum atomic E-state index is -0.920. The van der Waals surface area contributed by atoms with Crippen LogP contribution in [0, 0.1) is 6.92 Å². The predicted octanol–water partition coefficient (Wildman–Crippen LogP) is 3.17. The van der Waals surface area contributed by atoms with Crippen molar-refractivity contribution in [2.45, 2.75) is 25.7 Å². The van der Waals surface area contributed by atoms with Crippen LogP contribution in [0.3, 0.4) is 0 Å². The van der Waals surface area contributed by atoms with Crippen molar-refractivity contribution in [2.24, 2.45) is 0 Å². The number of rotatable bonds is 3. The molecule has 1 aromatic heterocycles. The maximum Gasteiger partial charge on any atom is 0.335 e. The fraction of sp³-hybridized carbons (Fsp3) is 0.353. The number of carboxylic acid groups (broad SMARTS) is 1. The lowest BCUT2D eigenvalue weighted by Crippen LogP contribution is -2.39. The van der Waals surface area contributed by atoms with Crippen LogP contribution < -0.4 is 0 Å². The molecule has 1 fully saturated rings. The summed E-state index contributed by atoms with van der Waals surface area (Å²) in [6, 6.07) is 7.03. The van der Waals surface area contributed by atoms with E-state index >= 15 is 0 Å². The Morgan fingerprint density at radius 1 is 1.39 bits per heavy atom. The van der Waals surface area contributed by atoms with Crippen molar-refractivity contribution >= 4 is 23.2 Å². The lowest BCUT2D eigenvalue weighted by atomic mass is 9.89. The average Bonchev–Trinajstić information content (AvgIpc) is 3.00. The molecule has 6 heteroatoms. The standard InChI is InChI=1S/C17H18N2O3S/c1-11-15(23-10-18-11)16(20)19-7-3-6-14(9-19)12-4-2-5-13(8-12)17(21)22/h2,4-5,8,10,14H,3,6-7,9H2,1H3,(H,21,22)/t14-/m1/s1. The van der Waals surface area contributed by atoms with Gasteiger partial charge in [0, 0.05) is 19.0 Å². The minimum absolute atomic E-state index is 0.0316. The number of likely N-dealkylation sites (tertiary alicyclic amines) is 1. The summed E-state index contributed by atoms with van der Waals surface area (Å²) >= 11 is 1.37. The van der Waals surface area contributed by atoms with Gasteiger partial charge in [-0.2, -0.15) is 0 Å². The molecule has 0 unspecified atom stereocenters. The molecule has 0 saturated carbocycles. The van der Waals surface area contributed by atoms with Gasteiger partial charge in [0.15, 0.2) is 0 Å². The van der Waals surface area contributed by atoms with Gasteiger partial charge in [0.1, 0.15) is 4.88 Å². The van der Waals surface area contributed by atoms with Crippen LogP contribution in [0.5, 0.6) is 0 Å². The number of hydrogen-bond donors (Lipinski definition) is 1. The molecule has 0 aliphatic carbocycles. The fourth-order valence-corrected chi connectivity index (χ4v) is 3.78. The molecule has 1 saturated heterocycles. The van der Waals surface area contributed by atoms with E-state index in [1.54, 1.807) is 23.7 Å². The Hall–Kier alpha value is -2.21. The van der Waals surface area contributed by atoms with Crippen LogP contribution in [0.2, 0.25) is 0 Å². The second-order valence-electron chi connectivity index (χ2n) is 5.79. The third kappa shape index (κ3) is 3.27. The fourth-order valence-electron chi connectivity index (χ4n) is 3.01. The maximum absolute atomic E-state index is 12.6. The SMILES string of the molecule is Cc1ncsc1C(=O)N1CCC[C@@H](c2cccc(C(=O)O)c2)C1. The molecule has 2 aromatic rings. The lowest BCUT2D eigenvalue weighted by molar-refractivity contribution is 0.0689. The predicted molar refractivity (Wildman–Crippen MR) is 88.1 cm³/mol. The highest BCUT2D eigenvalue weighted by Gasteiger charge is 2.27. The van der Waals surface area contributed by atoms with Crippen molar-refractivity contribution in [1.82, 2.24) is 9.88 Å². The normalized spacial score (nSPS) is 18.0. The first-order valence-corrected chi connectivity index (χ1v) is 8.47. The van der Waals surface area contributed by atoms with Crippen molar-refractivity contribution in [3.05, 3.63) is 51.5 Å². The summed E-state index contributed by atoms with van der Waals surface area (Å²) in [4.78, 5) is 30.5. The third-order valence-electron chi connectivity index (χ3n) is 4.25. The van der Waals surface area contributed by atoms with Gasteiger partial charge in [-0.15, -0.1) is 11.3 Å². The molecule has 1 aliphatic heterocycles. The summed E-state index contributed by atoms with van der Waals surface area (Å²) in [5, 5.41) is 9.13. The van der Waals surface area contributed by atoms with Crippen molar-refractivity contribution < 1.29 is 14.7 Å². The van der Waals surface area contributed by atoms with Crippen LogP contribution in [-0.2, 0) is 0 Å². The maximum atomic E-state index is 12.6. The molecule has 2 heterocycles. The van der Waals surface area contributed by atoms with Gasteiger partial charge in [-0.25, -0.2) is 9.78 Å². The number of aromatic nitrogens is 1. The van der Waals surface area contributed by atoms with Crippen LogP contribution in [0.25, 0.3) is 0 Å². The molecule has 3 rings (SSSR count). The zero-order valence-electron chi connectivity index (χ0n) is 12.9. The molecule has 1 aromatic carbocycles. The van der Waals surface area contributed by atoms with Crippen LogP contribution in [0.4, 0.5) is 0 Å². The molecular formula is C17H18N2O3S. The summed E-state index contributed by atoms with van der Waals surface area (Å²) in [5.74, 6) is -0.708. The molecule has 5 nitrogen and oxygen atoms in total. The first-order chi connectivity index (χ1) is 11.1. The van der Waals surface area contributed by atoms with E-state index in [9.17, 15) is 9.59 Å². The van der Waals surface area contributed by atoms with E-state index in [2.05, 4.69) is 4.98 Å². The monoisotopic (exact) mass is 330 g/mol. The lowest BCUT2D eigenvalue weighted by Gasteiger charge is -2.33. The van der Waals surface area contributed by atoms with Crippen LogP contribution in [0.1, 0.15) is 50.0 Å². The molecule has 1 atom stereocenters. The smallest absolute Gasteiger partial charge is 0.335 e. The van der Waals surface area contributed by atoms with E-state index in [0.29, 0.717) is 17.0 Å². The summed E-state index contributed by atoms with van der Waals surface area (Å²) in [7, 11) is 0. The molecule has 1 N–H and O–H groups in total. The van der Waals surface area contributed by atoms with Crippen molar-refractivity contribution in [2.75, 3.05) is 13.1 Å². The van der Waals surface area contributed by atoms with Gasteiger partial charge in [0.25, 0.3) is 5.91 Å². The number of aromatic carboxylic acids is 1. The van der Waals surface area contributed by atoms with Gasteiger partial charge >= 0.3 is 5.97 Å². The topological polar surface area (TPSA) is 70.5 Å². The van der Waals surface area contributed by atoms with Crippen LogP contribution in [0.15, 0.2) is 29.8 Å². The number of piperidine rings is 1. The number of thiazole rings is 1. The highest BCUT2D eigenvalue weighted by molar-refractivity contribution is 7.11. The van der Waals surface area contributed by atoms with Gasteiger partial charge in [-0.3, -0.25) is 4.79 Å². The molecule has 0 radical (unpaired) electrons. The van der Waals surface area contributed by atoms with E-state index in [1.165, 1.54) is 11.3 Å². The van der Waals surface area contributed by atoms with E-state index in [1.807, 2.05) is 17.9 Å². The van der Waals surface area contributed by atoms with Gasteiger partial charge in [0.05, 0.1) is 16.8 Å². The Labute approximate surface area is 138 Å². The molecule has 1 amide bonds. The zero-order valence-corrected chi connectivity index (χ0v) is 13.7. The second-order valence-corrected chi connectivity index (χ2v) is 6.64. The first-order valence-electron chi connectivity index (χ1n) is 7.59. The number of nitrogens with zero attached hydrogens (tertiary/aromatic N) is 2. The Kier molecular flexibility index (Phi) is 4.43. The highest BCUT2D eigenvalue weighted by atomic mass is 32.1. The highest BCUT2D eigenvalue weighted by Crippen LogP contribution is 2.29.